The van der Waals surface area contributed by atoms with Crippen LogP contribution in [0.1, 0.15) is 47.5 Å². The van der Waals surface area contributed by atoms with Gasteiger partial charge in [0, 0.05) is 10.9 Å². The van der Waals surface area contributed by atoms with Gasteiger partial charge in [0.15, 0.2) is 0 Å². The van der Waals surface area contributed by atoms with Gasteiger partial charge in [0.25, 0.3) is 0 Å². The molecule has 0 saturated heterocycles. The van der Waals surface area contributed by atoms with Crippen LogP contribution in [-0.4, -0.2) is 21.0 Å². The predicted molar refractivity (Wildman–Crippen MR) is 93.1 cm³/mol. The van der Waals surface area contributed by atoms with Crippen LogP contribution < -0.4 is 0 Å². The highest BCUT2D eigenvalue weighted by Gasteiger charge is 2.23. The maximum atomic E-state index is 11.6. The molecule has 0 aliphatic heterocycles. The van der Waals surface area contributed by atoms with Gasteiger partial charge in [-0.1, -0.05) is 37.1 Å². The van der Waals surface area contributed by atoms with Crippen LogP contribution in [-0.2, 0) is 0 Å². The summed E-state index contributed by atoms with van der Waals surface area (Å²) in [5.41, 5.74) is 4.08. The fourth-order valence-corrected chi connectivity index (χ4v) is 3.71. The number of benzene rings is 2. The van der Waals surface area contributed by atoms with E-state index in [2.05, 4.69) is 9.97 Å². The second-order valence-electron chi connectivity index (χ2n) is 6.33. The van der Waals surface area contributed by atoms with E-state index in [9.17, 15) is 9.90 Å². The van der Waals surface area contributed by atoms with E-state index in [1.165, 1.54) is 12.8 Å². The van der Waals surface area contributed by atoms with Crippen LogP contribution in [0.15, 0.2) is 48.8 Å². The lowest BCUT2D eigenvalue weighted by Gasteiger charge is -2.15. The van der Waals surface area contributed by atoms with E-state index >= 15 is 0 Å². The highest BCUT2D eigenvalue weighted by atomic mass is 16.4. The summed E-state index contributed by atoms with van der Waals surface area (Å²) in [6.07, 6.45) is 6.04. The first-order chi connectivity index (χ1) is 11.7. The third-order valence-electron chi connectivity index (χ3n) is 4.89. The van der Waals surface area contributed by atoms with Gasteiger partial charge in [-0.2, -0.15) is 0 Å². The average Bonchev–Trinajstić information content (AvgIpc) is 3.15. The van der Waals surface area contributed by atoms with Crippen LogP contribution >= 0.6 is 0 Å². The number of fused-ring (bicyclic) bond motifs is 1. The molecule has 1 aliphatic rings. The normalized spacial score (nSPS) is 15.0. The Hall–Kier alpha value is -2.75. The summed E-state index contributed by atoms with van der Waals surface area (Å²) >= 11 is 0. The molecule has 1 aromatic heterocycles. The number of hydrogen-bond acceptors (Lipinski definition) is 3. The van der Waals surface area contributed by atoms with Crippen LogP contribution in [0.3, 0.4) is 0 Å². The molecule has 0 radical (unpaired) electrons. The molecule has 1 heterocycles. The molecule has 0 unspecified atom stereocenters. The highest BCUT2D eigenvalue weighted by Crippen LogP contribution is 2.38. The molecule has 3 aromatic rings. The fourth-order valence-electron chi connectivity index (χ4n) is 3.71. The molecule has 4 nitrogen and oxygen atoms in total. The largest absolute Gasteiger partial charge is 0.478 e. The Bertz CT molecular complexity index is 909. The smallest absolute Gasteiger partial charge is 0.335 e. The molecule has 0 spiro atoms. The van der Waals surface area contributed by atoms with Gasteiger partial charge < -0.3 is 5.11 Å². The Morgan fingerprint density at radius 2 is 1.83 bits per heavy atom. The molecule has 0 amide bonds. The number of nitrogens with zero attached hydrogens (tertiary/aromatic N) is 2. The first kappa shape index (κ1) is 14.8. The Labute approximate surface area is 140 Å². The molecule has 120 valence electrons. The predicted octanol–water partition coefficient (Wildman–Crippen LogP) is 4.65. The van der Waals surface area contributed by atoms with Gasteiger partial charge in [0.1, 0.15) is 6.33 Å². The quantitative estimate of drug-likeness (QED) is 0.763. The summed E-state index contributed by atoms with van der Waals surface area (Å²) < 4.78 is 0. The van der Waals surface area contributed by atoms with Crippen molar-refractivity contribution in [3.8, 4) is 11.3 Å². The van der Waals surface area contributed by atoms with E-state index in [4.69, 9.17) is 0 Å². The van der Waals surface area contributed by atoms with E-state index in [1.807, 2.05) is 36.4 Å². The summed E-state index contributed by atoms with van der Waals surface area (Å²) in [7, 11) is 0. The number of rotatable bonds is 3. The van der Waals surface area contributed by atoms with E-state index < -0.39 is 5.97 Å². The average molecular weight is 318 g/mol. The standard InChI is InChI=1S/C20H18N2O2/c23-20(24)15-10-9-14(11-17(15)13-5-1-2-6-13)19-16-7-3-4-8-18(16)21-12-22-19/h3-4,7-13H,1-2,5-6H2,(H,23,24). The zero-order valence-corrected chi connectivity index (χ0v) is 13.3. The van der Waals surface area contributed by atoms with Crippen LogP contribution in [0.25, 0.3) is 22.2 Å². The summed E-state index contributed by atoms with van der Waals surface area (Å²) in [5, 5.41) is 10.5. The van der Waals surface area contributed by atoms with Gasteiger partial charge in [0.05, 0.1) is 16.8 Å². The first-order valence-corrected chi connectivity index (χ1v) is 8.31. The Balaban J connectivity index is 1.89. The number of para-hydroxylation sites is 1. The second kappa shape index (κ2) is 6.04. The van der Waals surface area contributed by atoms with Crippen molar-refractivity contribution >= 4 is 16.9 Å². The van der Waals surface area contributed by atoms with E-state index in [-0.39, 0.29) is 0 Å². The number of aromatic nitrogens is 2. The van der Waals surface area contributed by atoms with E-state index in [0.29, 0.717) is 11.5 Å². The van der Waals surface area contributed by atoms with Crippen molar-refractivity contribution in [3.63, 3.8) is 0 Å². The van der Waals surface area contributed by atoms with Crippen molar-refractivity contribution in [2.24, 2.45) is 0 Å². The molecule has 1 aliphatic carbocycles. The minimum Gasteiger partial charge on any atom is -0.478 e. The second-order valence-corrected chi connectivity index (χ2v) is 6.33. The molecule has 0 atom stereocenters. The molecular formula is C20H18N2O2. The number of carboxylic acids is 1. The van der Waals surface area contributed by atoms with Crippen LogP contribution in [0.4, 0.5) is 0 Å². The molecular weight excluding hydrogens is 300 g/mol. The van der Waals surface area contributed by atoms with Gasteiger partial charge in [0.2, 0.25) is 0 Å². The van der Waals surface area contributed by atoms with Crippen molar-refractivity contribution in [2.75, 3.05) is 0 Å². The molecule has 4 rings (SSSR count). The third kappa shape index (κ3) is 2.54. The van der Waals surface area contributed by atoms with Gasteiger partial charge in [-0.15, -0.1) is 0 Å². The molecule has 4 heteroatoms. The summed E-state index contributed by atoms with van der Waals surface area (Å²) in [5.74, 6) is -0.514. The van der Waals surface area contributed by atoms with Crippen molar-refractivity contribution in [1.29, 1.82) is 0 Å². The monoisotopic (exact) mass is 318 g/mol. The topological polar surface area (TPSA) is 63.1 Å². The van der Waals surface area contributed by atoms with Gasteiger partial charge in [-0.05, 0) is 42.5 Å². The van der Waals surface area contributed by atoms with E-state index in [0.717, 1.165) is 40.6 Å². The lowest BCUT2D eigenvalue weighted by atomic mass is 9.90. The maximum absolute atomic E-state index is 11.6. The van der Waals surface area contributed by atoms with Crippen LogP contribution in [0.5, 0.6) is 0 Å². The maximum Gasteiger partial charge on any atom is 0.335 e. The summed E-state index contributed by atoms with van der Waals surface area (Å²) in [4.78, 5) is 20.4. The van der Waals surface area contributed by atoms with Gasteiger partial charge in [-0.25, -0.2) is 14.8 Å². The summed E-state index contributed by atoms with van der Waals surface area (Å²) in [6.45, 7) is 0. The lowest BCUT2D eigenvalue weighted by molar-refractivity contribution is 0.0695. The van der Waals surface area contributed by atoms with Crippen molar-refractivity contribution in [3.05, 3.63) is 59.9 Å². The number of hydrogen-bond donors (Lipinski definition) is 1. The summed E-state index contributed by atoms with van der Waals surface area (Å²) in [6, 6.07) is 13.5. The molecule has 24 heavy (non-hydrogen) atoms. The minimum absolute atomic E-state index is 0.337. The fraction of sp³-hybridized carbons (Fsp3) is 0.250. The van der Waals surface area contributed by atoms with Gasteiger partial charge in [-0.3, -0.25) is 0 Å². The van der Waals surface area contributed by atoms with E-state index in [1.54, 1.807) is 12.4 Å². The minimum atomic E-state index is -0.851. The van der Waals surface area contributed by atoms with Gasteiger partial charge >= 0.3 is 5.97 Å². The molecule has 2 aromatic carbocycles. The third-order valence-corrected chi connectivity index (χ3v) is 4.89. The SMILES string of the molecule is O=C(O)c1ccc(-c2ncnc3ccccc23)cc1C1CCCC1. The van der Waals surface area contributed by atoms with Crippen LogP contribution in [0.2, 0.25) is 0 Å². The van der Waals surface area contributed by atoms with Crippen molar-refractivity contribution in [1.82, 2.24) is 9.97 Å². The number of aromatic carboxylic acids is 1. The van der Waals surface area contributed by atoms with Crippen molar-refractivity contribution < 1.29 is 9.90 Å². The number of carboxylic acid groups (broad SMARTS) is 1. The lowest BCUT2D eigenvalue weighted by Crippen LogP contribution is -2.06. The zero-order chi connectivity index (χ0) is 16.5. The zero-order valence-electron chi connectivity index (χ0n) is 13.3. The molecule has 1 saturated carbocycles. The first-order valence-electron chi connectivity index (χ1n) is 8.31. The Kier molecular flexibility index (Phi) is 3.73. The highest BCUT2D eigenvalue weighted by molar-refractivity contribution is 5.94. The Morgan fingerprint density at radius 1 is 1.04 bits per heavy atom. The molecule has 1 N–H and O–H groups in total. The molecule has 0 bridgehead atoms. The molecule has 1 fully saturated rings. The number of carbonyl (C=O) groups is 1. The van der Waals surface area contributed by atoms with Crippen molar-refractivity contribution in [2.45, 2.75) is 31.6 Å². The van der Waals surface area contributed by atoms with Crippen LogP contribution in [0, 0.1) is 0 Å². The Morgan fingerprint density at radius 3 is 2.62 bits per heavy atom.